The lowest BCUT2D eigenvalue weighted by Gasteiger charge is -2.19. The zero-order valence-corrected chi connectivity index (χ0v) is 15.0. The number of carbonyl (C=O) groups excluding carboxylic acids is 1. The van der Waals surface area contributed by atoms with Crippen molar-refractivity contribution in [3.05, 3.63) is 62.0 Å². The van der Waals surface area contributed by atoms with Crippen molar-refractivity contribution in [1.82, 2.24) is 0 Å². The summed E-state index contributed by atoms with van der Waals surface area (Å²) < 4.78 is 6.63. The molecule has 3 nitrogen and oxygen atoms in total. The zero-order valence-electron chi connectivity index (χ0n) is 11.1. The van der Waals surface area contributed by atoms with Crippen molar-refractivity contribution in [2.45, 2.75) is 6.04 Å². The number of rotatable bonds is 4. The number of hydrogen-bond donors (Lipinski definition) is 1. The molecule has 110 valence electrons. The Bertz CT molecular complexity index is 664. The summed E-state index contributed by atoms with van der Waals surface area (Å²) in [6.45, 7) is 0. The Balaban J connectivity index is 2.39. The number of hydrogen-bond acceptors (Lipinski definition) is 3. The Labute approximate surface area is 144 Å². The molecule has 0 saturated carbocycles. The van der Waals surface area contributed by atoms with E-state index in [1.165, 1.54) is 7.11 Å². The molecule has 1 atom stereocenters. The van der Waals surface area contributed by atoms with Crippen LogP contribution in [0.15, 0.2) is 51.4 Å². The van der Waals surface area contributed by atoms with Crippen molar-refractivity contribution in [3.8, 4) is 0 Å². The van der Waals surface area contributed by atoms with Gasteiger partial charge in [-0.1, -0.05) is 49.5 Å². The van der Waals surface area contributed by atoms with Crippen LogP contribution in [-0.2, 0) is 9.53 Å². The van der Waals surface area contributed by atoms with E-state index >= 15 is 0 Å². The Morgan fingerprint density at radius 3 is 2.57 bits per heavy atom. The van der Waals surface area contributed by atoms with Crippen LogP contribution in [0.3, 0.4) is 0 Å². The summed E-state index contributed by atoms with van der Waals surface area (Å²) in [6.07, 6.45) is 0. The number of methoxy groups -OCH3 is 1. The maximum Gasteiger partial charge on any atom is 0.333 e. The fraction of sp³-hybridized carbons (Fsp3) is 0.133. The van der Waals surface area contributed by atoms with Crippen molar-refractivity contribution in [1.29, 1.82) is 0 Å². The molecule has 0 aliphatic rings. The molecule has 0 aliphatic carbocycles. The molecule has 6 heteroatoms. The van der Waals surface area contributed by atoms with Crippen molar-refractivity contribution in [3.63, 3.8) is 0 Å². The van der Waals surface area contributed by atoms with Crippen LogP contribution in [-0.4, -0.2) is 13.1 Å². The van der Waals surface area contributed by atoms with E-state index in [1.54, 1.807) is 12.1 Å². The third kappa shape index (κ3) is 4.22. The SMILES string of the molecule is COC(=O)C(Nc1cccc(Br)c1)c1cc(Br)ccc1Cl. The number of benzene rings is 2. The van der Waals surface area contributed by atoms with Crippen molar-refractivity contribution in [2.75, 3.05) is 12.4 Å². The van der Waals surface area contributed by atoms with Crippen LogP contribution in [0, 0.1) is 0 Å². The third-order valence-corrected chi connectivity index (χ3v) is 4.17. The molecule has 0 amide bonds. The Morgan fingerprint density at radius 2 is 1.90 bits per heavy atom. The predicted molar refractivity (Wildman–Crippen MR) is 91.7 cm³/mol. The van der Waals surface area contributed by atoms with Gasteiger partial charge in [0.25, 0.3) is 0 Å². The summed E-state index contributed by atoms with van der Waals surface area (Å²) >= 11 is 13.0. The molecular weight excluding hydrogens is 421 g/mol. The second-order valence-corrected chi connectivity index (χ2v) is 6.52. The maximum atomic E-state index is 12.1. The molecule has 1 N–H and O–H groups in total. The highest BCUT2D eigenvalue weighted by Gasteiger charge is 2.24. The maximum absolute atomic E-state index is 12.1. The average molecular weight is 434 g/mol. The van der Waals surface area contributed by atoms with Gasteiger partial charge in [-0.3, -0.25) is 0 Å². The lowest BCUT2D eigenvalue weighted by atomic mass is 10.1. The second kappa shape index (κ2) is 7.29. The minimum absolute atomic E-state index is 0.407. The number of nitrogens with one attached hydrogen (secondary N) is 1. The smallest absolute Gasteiger partial charge is 0.333 e. The zero-order chi connectivity index (χ0) is 15.4. The van der Waals surface area contributed by atoms with Crippen LogP contribution in [0.1, 0.15) is 11.6 Å². The van der Waals surface area contributed by atoms with E-state index in [0.717, 1.165) is 14.6 Å². The summed E-state index contributed by atoms with van der Waals surface area (Å²) in [4.78, 5) is 12.1. The van der Waals surface area contributed by atoms with Crippen LogP contribution in [0.5, 0.6) is 0 Å². The first-order chi connectivity index (χ1) is 10.0. The standard InChI is InChI=1S/C15H12Br2ClNO2/c1-21-15(20)14(12-8-10(17)5-6-13(12)18)19-11-4-2-3-9(16)7-11/h2-8,14,19H,1H3. The van der Waals surface area contributed by atoms with Gasteiger partial charge in [-0.25, -0.2) is 4.79 Å². The average Bonchev–Trinajstić information content (AvgIpc) is 2.47. The number of esters is 1. The van der Waals surface area contributed by atoms with Gasteiger partial charge < -0.3 is 10.1 Å². The number of halogens is 3. The van der Waals surface area contributed by atoms with Crippen LogP contribution < -0.4 is 5.32 Å². The highest BCUT2D eigenvalue weighted by atomic mass is 79.9. The number of carbonyl (C=O) groups is 1. The molecule has 1 unspecified atom stereocenters. The molecule has 0 fully saturated rings. The number of anilines is 1. The van der Waals surface area contributed by atoms with Gasteiger partial charge in [0.15, 0.2) is 6.04 Å². The van der Waals surface area contributed by atoms with E-state index in [2.05, 4.69) is 37.2 Å². The third-order valence-electron chi connectivity index (χ3n) is 2.84. The van der Waals surface area contributed by atoms with Crippen LogP contribution in [0.25, 0.3) is 0 Å². The van der Waals surface area contributed by atoms with Crippen molar-refractivity contribution in [2.24, 2.45) is 0 Å². The molecule has 0 spiro atoms. The molecule has 0 radical (unpaired) electrons. The van der Waals surface area contributed by atoms with Crippen molar-refractivity contribution < 1.29 is 9.53 Å². The minimum atomic E-state index is -0.686. The lowest BCUT2D eigenvalue weighted by molar-refractivity contribution is -0.141. The van der Waals surface area contributed by atoms with E-state index in [0.29, 0.717) is 10.6 Å². The van der Waals surface area contributed by atoms with Gasteiger partial charge >= 0.3 is 5.97 Å². The highest BCUT2D eigenvalue weighted by molar-refractivity contribution is 9.10. The summed E-state index contributed by atoms with van der Waals surface area (Å²) in [7, 11) is 1.35. The summed E-state index contributed by atoms with van der Waals surface area (Å²) in [5, 5.41) is 3.64. The quantitative estimate of drug-likeness (QED) is 0.675. The molecule has 2 rings (SSSR count). The van der Waals surface area contributed by atoms with Gasteiger partial charge in [0, 0.05) is 25.2 Å². The molecule has 21 heavy (non-hydrogen) atoms. The summed E-state index contributed by atoms with van der Waals surface area (Å²) in [5.74, 6) is -0.407. The van der Waals surface area contributed by atoms with Gasteiger partial charge in [-0.2, -0.15) is 0 Å². The molecule has 0 saturated heterocycles. The van der Waals surface area contributed by atoms with Gasteiger partial charge in [-0.05, 0) is 36.4 Å². The Hall–Kier alpha value is -1.04. The summed E-state index contributed by atoms with van der Waals surface area (Å²) in [5.41, 5.74) is 1.44. The molecular formula is C15H12Br2ClNO2. The highest BCUT2D eigenvalue weighted by Crippen LogP contribution is 2.30. The molecule has 2 aromatic carbocycles. The first-order valence-corrected chi connectivity index (χ1v) is 8.02. The van der Waals surface area contributed by atoms with Crippen LogP contribution >= 0.6 is 43.5 Å². The Morgan fingerprint density at radius 1 is 1.19 bits per heavy atom. The summed E-state index contributed by atoms with van der Waals surface area (Å²) in [6, 6.07) is 12.2. The normalized spacial score (nSPS) is 11.8. The fourth-order valence-electron chi connectivity index (χ4n) is 1.86. The predicted octanol–water partition coefficient (Wildman–Crippen LogP) is 5.19. The molecule has 0 aliphatic heterocycles. The van der Waals surface area contributed by atoms with Gasteiger partial charge in [-0.15, -0.1) is 0 Å². The lowest BCUT2D eigenvalue weighted by Crippen LogP contribution is -2.22. The Kier molecular flexibility index (Phi) is 5.67. The van der Waals surface area contributed by atoms with E-state index < -0.39 is 12.0 Å². The topological polar surface area (TPSA) is 38.3 Å². The first kappa shape index (κ1) is 16.3. The monoisotopic (exact) mass is 431 g/mol. The molecule has 0 bridgehead atoms. The first-order valence-electron chi connectivity index (χ1n) is 6.06. The fourth-order valence-corrected chi connectivity index (χ4v) is 2.87. The number of ether oxygens (including phenoxy) is 1. The largest absolute Gasteiger partial charge is 0.467 e. The van der Waals surface area contributed by atoms with Crippen molar-refractivity contribution >= 4 is 55.1 Å². The van der Waals surface area contributed by atoms with Gasteiger partial charge in [0.1, 0.15) is 0 Å². The van der Waals surface area contributed by atoms with Gasteiger partial charge in [0.05, 0.1) is 7.11 Å². The van der Waals surface area contributed by atoms with E-state index in [9.17, 15) is 4.79 Å². The van der Waals surface area contributed by atoms with Crippen LogP contribution in [0.2, 0.25) is 5.02 Å². The van der Waals surface area contributed by atoms with E-state index in [4.69, 9.17) is 16.3 Å². The molecule has 0 aromatic heterocycles. The van der Waals surface area contributed by atoms with E-state index in [1.807, 2.05) is 30.3 Å². The van der Waals surface area contributed by atoms with Crippen LogP contribution in [0.4, 0.5) is 5.69 Å². The minimum Gasteiger partial charge on any atom is -0.467 e. The van der Waals surface area contributed by atoms with Gasteiger partial charge in [0.2, 0.25) is 0 Å². The molecule has 0 heterocycles. The molecule has 2 aromatic rings. The van der Waals surface area contributed by atoms with E-state index in [-0.39, 0.29) is 0 Å². The second-order valence-electron chi connectivity index (χ2n) is 4.28.